The van der Waals surface area contributed by atoms with Crippen LogP contribution in [0, 0.1) is 11.8 Å². The average molecular weight is 240 g/mol. The predicted molar refractivity (Wildman–Crippen MR) is 70.6 cm³/mol. The maximum atomic E-state index is 10.9. The third-order valence-corrected chi connectivity index (χ3v) is 5.87. The van der Waals surface area contributed by atoms with E-state index in [0.29, 0.717) is 11.8 Å². The Labute approximate surface area is 105 Å². The lowest BCUT2D eigenvalue weighted by Gasteiger charge is -2.18. The first-order valence-corrected chi connectivity index (χ1v) is 8.27. The van der Waals surface area contributed by atoms with Crippen LogP contribution in [0.3, 0.4) is 0 Å². The van der Waals surface area contributed by atoms with Crippen LogP contribution in [0.4, 0.5) is 0 Å². The smallest absolute Gasteiger partial charge is 0.547 e. The van der Waals surface area contributed by atoms with Crippen molar-refractivity contribution in [3.8, 4) is 0 Å². The maximum Gasteiger partial charge on any atom is 0.547 e. The molecule has 0 amide bonds. The van der Waals surface area contributed by atoms with Crippen LogP contribution in [-0.4, -0.2) is 20.3 Å². The second-order valence-corrected chi connectivity index (χ2v) is 7.79. The predicted octanol–water partition coefficient (Wildman–Crippen LogP) is 3.80. The van der Waals surface area contributed by atoms with E-state index >= 15 is 0 Å². The molecule has 0 aromatic heterocycles. The quantitative estimate of drug-likeness (QED) is 0.384. The molecule has 0 aliphatic rings. The minimum Gasteiger partial charge on any atom is -0.646 e. The number of rotatable bonds is 7. The van der Waals surface area contributed by atoms with Gasteiger partial charge < -0.3 is 3.79 Å². The zero-order valence-electron chi connectivity index (χ0n) is 11.5. The molecule has 0 bridgehead atoms. The fraction of sp³-hybridized carbons (Fsp3) is 0.769. The van der Waals surface area contributed by atoms with Crippen LogP contribution in [0.2, 0.25) is 10.6 Å². The van der Waals surface area contributed by atoms with Gasteiger partial charge in [0.2, 0.25) is 0 Å². The summed E-state index contributed by atoms with van der Waals surface area (Å²) >= 11 is -1.19. The number of hydrogen-bond acceptors (Lipinski definition) is 2. The van der Waals surface area contributed by atoms with Gasteiger partial charge in [0.05, 0.1) is 5.76 Å². The van der Waals surface area contributed by atoms with Gasteiger partial charge in [0.1, 0.15) is 0 Å². The molecule has 2 nitrogen and oxygen atoms in total. The molecule has 16 heavy (non-hydrogen) atoms. The van der Waals surface area contributed by atoms with Crippen LogP contribution >= 0.6 is 0 Å². The van der Waals surface area contributed by atoms with Crippen LogP contribution in [0.5, 0.6) is 0 Å². The fourth-order valence-corrected chi connectivity index (χ4v) is 4.91. The lowest BCUT2D eigenvalue weighted by atomic mass is 10.3. The SMILES string of the molecule is CC(=O)/C=C(/C)[O][Al]([CH2]C(C)C)[CH2]C(C)C. The summed E-state index contributed by atoms with van der Waals surface area (Å²) in [5.74, 6) is 2.23. The van der Waals surface area contributed by atoms with Gasteiger partial charge in [-0.2, -0.15) is 0 Å². The minimum atomic E-state index is -1.19. The van der Waals surface area contributed by atoms with E-state index in [2.05, 4.69) is 27.7 Å². The molecule has 0 aromatic carbocycles. The van der Waals surface area contributed by atoms with Gasteiger partial charge in [-0.15, -0.1) is 0 Å². The van der Waals surface area contributed by atoms with Crippen molar-refractivity contribution in [2.45, 2.75) is 52.1 Å². The topological polar surface area (TPSA) is 26.3 Å². The molecule has 0 atom stereocenters. The molecular formula is C13H25AlO2. The Hall–Kier alpha value is -0.258. The summed E-state index contributed by atoms with van der Waals surface area (Å²) in [6, 6.07) is 0. The molecule has 0 spiro atoms. The van der Waals surface area contributed by atoms with Crippen molar-refractivity contribution in [1.82, 2.24) is 0 Å². The van der Waals surface area contributed by atoms with E-state index in [-0.39, 0.29) is 5.78 Å². The Balaban J connectivity index is 4.35. The van der Waals surface area contributed by atoms with Gasteiger partial charge in [-0.25, -0.2) is 0 Å². The number of allylic oxidation sites excluding steroid dienone is 2. The molecule has 0 aromatic rings. The van der Waals surface area contributed by atoms with Gasteiger partial charge in [-0.1, -0.05) is 50.1 Å². The molecule has 0 rings (SSSR count). The Kier molecular flexibility index (Phi) is 7.80. The van der Waals surface area contributed by atoms with Gasteiger partial charge in [0.25, 0.3) is 0 Å². The Morgan fingerprint density at radius 2 is 1.56 bits per heavy atom. The molecule has 92 valence electrons. The molecule has 3 heteroatoms. The van der Waals surface area contributed by atoms with Crippen LogP contribution in [0.25, 0.3) is 0 Å². The van der Waals surface area contributed by atoms with Gasteiger partial charge in [0.15, 0.2) is 5.78 Å². The van der Waals surface area contributed by atoms with Gasteiger partial charge >= 0.3 is 14.5 Å². The second-order valence-electron chi connectivity index (χ2n) is 5.36. The summed E-state index contributed by atoms with van der Waals surface area (Å²) in [6.45, 7) is 12.4. The van der Waals surface area contributed by atoms with E-state index in [0.717, 1.165) is 5.76 Å². The average Bonchev–Trinajstić information content (AvgIpc) is 1.97. The second kappa shape index (κ2) is 7.93. The summed E-state index contributed by atoms with van der Waals surface area (Å²) in [5.41, 5.74) is 0. The number of hydrogen-bond donors (Lipinski definition) is 0. The summed E-state index contributed by atoms with van der Waals surface area (Å²) in [5, 5.41) is 2.36. The molecule has 0 heterocycles. The first kappa shape index (κ1) is 15.7. The normalized spacial score (nSPS) is 12.1. The monoisotopic (exact) mass is 240 g/mol. The summed E-state index contributed by atoms with van der Waals surface area (Å²) in [6.07, 6.45) is 1.60. The van der Waals surface area contributed by atoms with E-state index < -0.39 is 14.5 Å². The van der Waals surface area contributed by atoms with E-state index in [9.17, 15) is 4.79 Å². The van der Waals surface area contributed by atoms with E-state index in [4.69, 9.17) is 3.79 Å². The molecule has 0 fully saturated rings. The van der Waals surface area contributed by atoms with Crippen molar-refractivity contribution < 1.29 is 8.58 Å². The van der Waals surface area contributed by atoms with Crippen molar-refractivity contribution in [1.29, 1.82) is 0 Å². The highest BCUT2D eigenvalue weighted by Crippen LogP contribution is 2.17. The zero-order valence-corrected chi connectivity index (χ0v) is 12.7. The van der Waals surface area contributed by atoms with Crippen LogP contribution in [0.15, 0.2) is 11.8 Å². The highest BCUT2D eigenvalue weighted by atomic mass is 27.2. The van der Waals surface area contributed by atoms with Gasteiger partial charge in [0, 0.05) is 6.08 Å². The van der Waals surface area contributed by atoms with Crippen LogP contribution in [0.1, 0.15) is 41.5 Å². The Morgan fingerprint density at radius 1 is 1.12 bits per heavy atom. The van der Waals surface area contributed by atoms with Crippen molar-refractivity contribution in [3.63, 3.8) is 0 Å². The Bertz CT molecular complexity index is 234. The number of carbonyl (C=O) groups is 1. The molecule has 0 saturated carbocycles. The number of carbonyl (C=O) groups excluding carboxylic acids is 1. The first-order chi connectivity index (χ1) is 7.31. The van der Waals surface area contributed by atoms with Crippen molar-refractivity contribution in [2.75, 3.05) is 0 Å². The lowest BCUT2D eigenvalue weighted by Crippen LogP contribution is -2.21. The molecule has 0 saturated heterocycles. The first-order valence-electron chi connectivity index (χ1n) is 6.16. The molecule has 0 aliphatic heterocycles. The third kappa shape index (κ3) is 9.00. The van der Waals surface area contributed by atoms with Crippen molar-refractivity contribution in [3.05, 3.63) is 11.8 Å². The summed E-state index contributed by atoms with van der Waals surface area (Å²) < 4.78 is 5.96. The van der Waals surface area contributed by atoms with Crippen molar-refractivity contribution in [2.24, 2.45) is 11.8 Å². The van der Waals surface area contributed by atoms with Crippen LogP contribution in [-0.2, 0) is 8.58 Å². The fourth-order valence-electron chi connectivity index (χ4n) is 1.83. The number of ketones is 1. The highest BCUT2D eigenvalue weighted by Gasteiger charge is 2.25. The minimum absolute atomic E-state index is 0.0688. The van der Waals surface area contributed by atoms with E-state index in [1.165, 1.54) is 10.6 Å². The molecule has 0 radical (unpaired) electrons. The standard InChI is InChI=1S/C5H8O2.2C4H9.Al/c1-4(6)3-5(2)7;2*1-4(2)3;/h3,6H,1-2H3;2*4H,1H2,2-3H3;/q;;;+1/p-1/b4-3-;;;. The van der Waals surface area contributed by atoms with Gasteiger partial charge in [-0.05, 0) is 13.8 Å². The highest BCUT2D eigenvalue weighted by molar-refractivity contribution is 6.52. The summed E-state index contributed by atoms with van der Waals surface area (Å²) in [4.78, 5) is 10.9. The molecule has 0 aliphatic carbocycles. The Morgan fingerprint density at radius 3 is 1.88 bits per heavy atom. The van der Waals surface area contributed by atoms with Crippen LogP contribution < -0.4 is 0 Å². The molecular weight excluding hydrogens is 215 g/mol. The van der Waals surface area contributed by atoms with E-state index in [1.807, 2.05) is 6.92 Å². The third-order valence-electron chi connectivity index (χ3n) is 2.23. The van der Waals surface area contributed by atoms with Gasteiger partial charge in [-0.3, -0.25) is 4.79 Å². The largest absolute Gasteiger partial charge is 0.646 e. The zero-order chi connectivity index (χ0) is 12.7. The lowest BCUT2D eigenvalue weighted by molar-refractivity contribution is -0.112. The molecule has 0 unspecified atom stereocenters. The van der Waals surface area contributed by atoms with Crippen molar-refractivity contribution >= 4 is 20.3 Å². The summed E-state index contributed by atoms with van der Waals surface area (Å²) in [7, 11) is 0. The molecule has 0 N–H and O–H groups in total. The maximum absolute atomic E-state index is 10.9. The van der Waals surface area contributed by atoms with E-state index in [1.54, 1.807) is 13.0 Å².